The average molecular weight is 354 g/mol. The van der Waals surface area contributed by atoms with E-state index in [9.17, 15) is 4.79 Å². The van der Waals surface area contributed by atoms with Crippen molar-refractivity contribution in [3.8, 4) is 0 Å². The molecule has 0 aliphatic carbocycles. The van der Waals surface area contributed by atoms with Gasteiger partial charge in [0.2, 0.25) is 0 Å². The van der Waals surface area contributed by atoms with Crippen LogP contribution in [0.1, 0.15) is 60.2 Å². The summed E-state index contributed by atoms with van der Waals surface area (Å²) in [7, 11) is 0. The van der Waals surface area contributed by atoms with E-state index in [1.165, 1.54) is 5.69 Å². The average Bonchev–Trinajstić information content (AvgIpc) is 3.16. The topological polar surface area (TPSA) is 86.8 Å². The van der Waals surface area contributed by atoms with Gasteiger partial charge >= 0.3 is 0 Å². The molecule has 1 saturated heterocycles. The number of anilines is 1. The van der Waals surface area contributed by atoms with E-state index in [1.54, 1.807) is 0 Å². The van der Waals surface area contributed by atoms with Crippen LogP contribution in [-0.2, 0) is 12.8 Å². The number of H-pyrrole nitrogens is 1. The monoisotopic (exact) mass is 354 g/mol. The lowest BCUT2D eigenvalue weighted by Gasteiger charge is -2.35. The van der Waals surface area contributed by atoms with E-state index >= 15 is 0 Å². The van der Waals surface area contributed by atoms with Gasteiger partial charge in [-0.05, 0) is 31.2 Å². The summed E-state index contributed by atoms with van der Waals surface area (Å²) in [4.78, 5) is 24.2. The van der Waals surface area contributed by atoms with Crippen molar-refractivity contribution < 1.29 is 4.79 Å². The van der Waals surface area contributed by atoms with Crippen LogP contribution < -0.4 is 10.2 Å². The van der Waals surface area contributed by atoms with Gasteiger partial charge in [0.05, 0.1) is 0 Å². The Labute approximate surface area is 153 Å². The molecule has 7 heteroatoms. The molecule has 2 aromatic heterocycles. The fraction of sp³-hybridized carbons (Fsp3) is 0.579. The Morgan fingerprint density at radius 1 is 1.35 bits per heavy atom. The van der Waals surface area contributed by atoms with Crippen molar-refractivity contribution in [3.05, 3.63) is 35.0 Å². The van der Waals surface area contributed by atoms with Crippen molar-refractivity contribution in [1.29, 1.82) is 0 Å². The molecule has 138 valence electrons. The van der Waals surface area contributed by atoms with Gasteiger partial charge in [0.1, 0.15) is 17.3 Å². The highest BCUT2D eigenvalue weighted by atomic mass is 16.1. The summed E-state index contributed by atoms with van der Waals surface area (Å²) >= 11 is 0. The van der Waals surface area contributed by atoms with Crippen LogP contribution in [0.2, 0.25) is 0 Å². The Balaban J connectivity index is 1.70. The van der Waals surface area contributed by atoms with E-state index in [0.29, 0.717) is 24.1 Å². The fourth-order valence-electron chi connectivity index (χ4n) is 3.96. The van der Waals surface area contributed by atoms with E-state index in [4.69, 9.17) is 4.98 Å². The Hall–Kier alpha value is -2.44. The molecule has 1 fully saturated rings. The molecule has 0 radical (unpaired) electrons. The molecule has 4 rings (SSSR count). The SMILES string of the molecule is CC(C)Cc1nc2c(c(N3CCCC(c4ccn[nH]4)C3)n1)CCNC2=O. The molecule has 0 aromatic carbocycles. The molecule has 26 heavy (non-hydrogen) atoms. The van der Waals surface area contributed by atoms with Crippen molar-refractivity contribution >= 4 is 11.7 Å². The van der Waals surface area contributed by atoms with Crippen LogP contribution in [0.25, 0.3) is 0 Å². The van der Waals surface area contributed by atoms with Gasteiger partial charge in [-0.25, -0.2) is 9.97 Å². The number of carbonyl (C=O) groups is 1. The lowest BCUT2D eigenvalue weighted by molar-refractivity contribution is 0.0940. The lowest BCUT2D eigenvalue weighted by Crippen LogP contribution is -2.39. The minimum absolute atomic E-state index is 0.0676. The largest absolute Gasteiger partial charge is 0.356 e. The van der Waals surface area contributed by atoms with E-state index < -0.39 is 0 Å². The van der Waals surface area contributed by atoms with Crippen LogP contribution in [0.15, 0.2) is 12.3 Å². The summed E-state index contributed by atoms with van der Waals surface area (Å²) < 4.78 is 0. The predicted molar refractivity (Wildman–Crippen MR) is 99.4 cm³/mol. The minimum atomic E-state index is -0.0676. The van der Waals surface area contributed by atoms with Crippen molar-refractivity contribution in [2.24, 2.45) is 5.92 Å². The zero-order valence-electron chi connectivity index (χ0n) is 15.5. The number of carbonyl (C=O) groups excluding carboxylic acids is 1. The van der Waals surface area contributed by atoms with Gasteiger partial charge < -0.3 is 10.2 Å². The van der Waals surface area contributed by atoms with Gasteiger partial charge in [0.15, 0.2) is 0 Å². The number of fused-ring (bicyclic) bond motifs is 1. The third-order valence-electron chi connectivity index (χ3n) is 5.18. The molecular formula is C19H26N6O. The number of aromatic amines is 1. The summed E-state index contributed by atoms with van der Waals surface area (Å²) in [5.74, 6) is 2.54. The Morgan fingerprint density at radius 3 is 3.00 bits per heavy atom. The van der Waals surface area contributed by atoms with Gasteiger partial charge in [-0.2, -0.15) is 5.10 Å². The normalized spacial score (nSPS) is 20.2. The van der Waals surface area contributed by atoms with Gasteiger partial charge in [0.25, 0.3) is 5.91 Å². The zero-order valence-corrected chi connectivity index (χ0v) is 15.5. The zero-order chi connectivity index (χ0) is 18.1. The van der Waals surface area contributed by atoms with Gasteiger partial charge in [-0.3, -0.25) is 9.89 Å². The van der Waals surface area contributed by atoms with E-state index in [1.807, 2.05) is 6.20 Å². The second-order valence-electron chi connectivity index (χ2n) is 7.69. The number of aromatic nitrogens is 4. The van der Waals surface area contributed by atoms with Crippen molar-refractivity contribution in [2.75, 3.05) is 24.5 Å². The molecule has 1 unspecified atom stereocenters. The van der Waals surface area contributed by atoms with Crippen LogP contribution in [0.4, 0.5) is 5.82 Å². The number of nitrogens with one attached hydrogen (secondary N) is 2. The van der Waals surface area contributed by atoms with Crippen molar-refractivity contribution in [1.82, 2.24) is 25.5 Å². The first kappa shape index (κ1) is 17.0. The van der Waals surface area contributed by atoms with Crippen LogP contribution in [0.3, 0.4) is 0 Å². The summed E-state index contributed by atoms with van der Waals surface area (Å²) in [6.07, 6.45) is 5.64. The first-order valence-corrected chi connectivity index (χ1v) is 9.54. The maximum atomic E-state index is 12.4. The summed E-state index contributed by atoms with van der Waals surface area (Å²) in [6.45, 7) is 6.82. The fourth-order valence-corrected chi connectivity index (χ4v) is 3.96. The molecule has 0 saturated carbocycles. The molecule has 7 nitrogen and oxygen atoms in total. The van der Waals surface area contributed by atoms with E-state index in [-0.39, 0.29) is 5.91 Å². The molecule has 4 heterocycles. The molecule has 1 atom stereocenters. The van der Waals surface area contributed by atoms with Crippen LogP contribution in [0.5, 0.6) is 0 Å². The van der Waals surface area contributed by atoms with Gasteiger partial charge in [0, 0.05) is 49.4 Å². The predicted octanol–water partition coefficient (Wildman–Crippen LogP) is 2.07. The summed E-state index contributed by atoms with van der Waals surface area (Å²) in [5.41, 5.74) is 2.75. The highest BCUT2D eigenvalue weighted by molar-refractivity contribution is 5.96. The van der Waals surface area contributed by atoms with Crippen LogP contribution in [-0.4, -0.2) is 45.7 Å². The molecule has 0 spiro atoms. The van der Waals surface area contributed by atoms with Gasteiger partial charge in [-0.1, -0.05) is 13.8 Å². The quantitative estimate of drug-likeness (QED) is 0.878. The second-order valence-corrected chi connectivity index (χ2v) is 7.69. The second kappa shape index (κ2) is 7.05. The Kier molecular flexibility index (Phi) is 4.61. The lowest BCUT2D eigenvalue weighted by atomic mass is 9.94. The van der Waals surface area contributed by atoms with Gasteiger partial charge in [-0.15, -0.1) is 0 Å². The first-order chi connectivity index (χ1) is 12.6. The highest BCUT2D eigenvalue weighted by Gasteiger charge is 2.29. The molecule has 2 aliphatic heterocycles. The van der Waals surface area contributed by atoms with Crippen LogP contribution in [0, 0.1) is 5.92 Å². The molecule has 1 amide bonds. The van der Waals surface area contributed by atoms with Crippen molar-refractivity contribution in [2.45, 2.75) is 45.4 Å². The van der Waals surface area contributed by atoms with Crippen molar-refractivity contribution in [3.63, 3.8) is 0 Å². The molecule has 0 bridgehead atoms. The smallest absolute Gasteiger partial charge is 0.270 e. The van der Waals surface area contributed by atoms with Crippen LogP contribution >= 0.6 is 0 Å². The molecule has 2 aliphatic rings. The van der Waals surface area contributed by atoms with E-state index in [2.05, 4.69) is 45.3 Å². The highest BCUT2D eigenvalue weighted by Crippen LogP contribution is 2.31. The maximum absolute atomic E-state index is 12.4. The summed E-state index contributed by atoms with van der Waals surface area (Å²) in [6, 6.07) is 2.06. The third-order valence-corrected chi connectivity index (χ3v) is 5.18. The third kappa shape index (κ3) is 3.30. The number of hydrogen-bond acceptors (Lipinski definition) is 5. The standard InChI is InChI=1S/C19H26N6O/c1-12(2)10-16-22-17-14(5-7-20-19(17)26)18(23-16)25-9-3-4-13(11-25)15-6-8-21-24-15/h6,8,12-13H,3-5,7,9-11H2,1-2H3,(H,20,26)(H,21,24). The molecule has 2 aromatic rings. The molecule has 2 N–H and O–H groups in total. The number of piperidine rings is 1. The molecular weight excluding hydrogens is 328 g/mol. The Morgan fingerprint density at radius 2 is 2.23 bits per heavy atom. The summed E-state index contributed by atoms with van der Waals surface area (Å²) in [5, 5.41) is 10.1. The number of nitrogens with zero attached hydrogens (tertiary/aromatic N) is 4. The maximum Gasteiger partial charge on any atom is 0.270 e. The first-order valence-electron chi connectivity index (χ1n) is 9.54. The number of hydrogen-bond donors (Lipinski definition) is 2. The Bertz CT molecular complexity index is 786. The number of rotatable bonds is 4. The van der Waals surface area contributed by atoms with E-state index in [0.717, 1.165) is 56.0 Å². The number of amides is 1. The minimum Gasteiger partial charge on any atom is -0.356 e.